The van der Waals surface area contributed by atoms with E-state index in [9.17, 15) is 13.6 Å². The molecule has 0 spiro atoms. The lowest BCUT2D eigenvalue weighted by atomic mass is 10.0. The number of aliphatic hydroxyl groups is 2. The van der Waals surface area contributed by atoms with Gasteiger partial charge < -0.3 is 20.3 Å². The second-order valence-corrected chi connectivity index (χ2v) is 4.19. The van der Waals surface area contributed by atoms with Gasteiger partial charge in [-0.05, 0) is 6.92 Å². The van der Waals surface area contributed by atoms with Gasteiger partial charge in [-0.3, -0.25) is 0 Å². The molecule has 0 bridgehead atoms. The topological polar surface area (TPSA) is 78.8 Å². The van der Waals surface area contributed by atoms with Crippen LogP contribution in [-0.4, -0.2) is 53.5 Å². The van der Waals surface area contributed by atoms with Crippen LogP contribution in [-0.2, 0) is 9.53 Å². The molecule has 1 aliphatic heterocycles. The summed E-state index contributed by atoms with van der Waals surface area (Å²) < 4.78 is 30.0. The first kappa shape index (κ1) is 13.3. The van der Waals surface area contributed by atoms with Crippen molar-refractivity contribution in [3.05, 3.63) is 0 Å². The van der Waals surface area contributed by atoms with Crippen LogP contribution in [0.4, 0.5) is 8.78 Å². The minimum atomic E-state index is -3.43. The highest BCUT2D eigenvalue weighted by molar-refractivity contribution is 5.79. The minimum Gasteiger partial charge on any atom is -0.456 e. The van der Waals surface area contributed by atoms with E-state index in [1.807, 2.05) is 0 Å². The van der Waals surface area contributed by atoms with Crippen molar-refractivity contribution in [2.75, 3.05) is 19.8 Å². The Kier molecular flexibility index (Phi) is 3.82. The third-order valence-corrected chi connectivity index (χ3v) is 2.51. The van der Waals surface area contributed by atoms with Crippen molar-refractivity contribution in [1.29, 1.82) is 0 Å². The Labute approximate surface area is 91.4 Å². The monoisotopic (exact) mass is 239 g/mol. The van der Waals surface area contributed by atoms with Crippen molar-refractivity contribution in [2.45, 2.75) is 30.9 Å². The zero-order valence-electron chi connectivity index (χ0n) is 8.87. The molecule has 1 fully saturated rings. The van der Waals surface area contributed by atoms with E-state index >= 15 is 0 Å². The number of cyclic esters (lactones) is 1. The fourth-order valence-corrected chi connectivity index (χ4v) is 1.28. The number of ether oxygens (including phenoxy) is 1. The molecule has 1 heterocycles. The molecule has 1 aliphatic rings. The number of nitrogens with one attached hydrogen (secondary N) is 1. The van der Waals surface area contributed by atoms with Crippen molar-refractivity contribution < 1.29 is 28.5 Å². The summed E-state index contributed by atoms with van der Waals surface area (Å²) in [5.74, 6) is -4.95. The number of esters is 1. The van der Waals surface area contributed by atoms with Gasteiger partial charge in [-0.15, -0.1) is 0 Å². The summed E-state index contributed by atoms with van der Waals surface area (Å²) in [6, 6.07) is 0. The number of halogens is 2. The highest BCUT2D eigenvalue weighted by Gasteiger charge is 2.50. The van der Waals surface area contributed by atoms with E-state index in [-0.39, 0.29) is 19.8 Å². The molecular formula is C9H15F2NO4. The van der Waals surface area contributed by atoms with Gasteiger partial charge in [0, 0.05) is 6.54 Å². The van der Waals surface area contributed by atoms with Crippen molar-refractivity contribution in [3.8, 4) is 0 Å². The fourth-order valence-electron chi connectivity index (χ4n) is 1.28. The van der Waals surface area contributed by atoms with Gasteiger partial charge in [0.2, 0.25) is 0 Å². The molecule has 0 aromatic rings. The van der Waals surface area contributed by atoms with Crippen LogP contribution in [0.25, 0.3) is 0 Å². The number of aliphatic hydroxyl groups excluding tert-OH is 2. The van der Waals surface area contributed by atoms with E-state index in [0.29, 0.717) is 0 Å². The van der Waals surface area contributed by atoms with Crippen molar-refractivity contribution in [2.24, 2.45) is 0 Å². The highest BCUT2D eigenvalue weighted by atomic mass is 19.3. The average Bonchev–Trinajstić information content (AvgIpc) is 2.50. The lowest BCUT2D eigenvalue weighted by molar-refractivity contribution is -0.159. The number of hydrogen-bond donors (Lipinski definition) is 3. The van der Waals surface area contributed by atoms with Crippen molar-refractivity contribution >= 4 is 5.97 Å². The SMILES string of the molecule is CC(CO)(CO)NCC1CC(F)(F)C(=O)O1. The smallest absolute Gasteiger partial charge is 0.377 e. The lowest BCUT2D eigenvalue weighted by Gasteiger charge is -2.27. The second-order valence-electron chi connectivity index (χ2n) is 4.19. The largest absolute Gasteiger partial charge is 0.456 e. The molecule has 0 aromatic carbocycles. The first-order valence-corrected chi connectivity index (χ1v) is 4.89. The molecule has 1 saturated heterocycles. The lowest BCUT2D eigenvalue weighted by Crippen LogP contribution is -2.51. The summed E-state index contributed by atoms with van der Waals surface area (Å²) in [6.07, 6.45) is -1.61. The first-order valence-electron chi connectivity index (χ1n) is 4.89. The number of hydrogen-bond acceptors (Lipinski definition) is 5. The van der Waals surface area contributed by atoms with Gasteiger partial charge in [0.25, 0.3) is 0 Å². The van der Waals surface area contributed by atoms with Gasteiger partial charge in [-0.2, -0.15) is 8.78 Å². The van der Waals surface area contributed by atoms with Crippen LogP contribution in [0.15, 0.2) is 0 Å². The highest BCUT2D eigenvalue weighted by Crippen LogP contribution is 2.30. The summed E-state index contributed by atoms with van der Waals surface area (Å²) in [6.45, 7) is 0.808. The molecule has 5 nitrogen and oxygen atoms in total. The second kappa shape index (κ2) is 4.60. The Balaban J connectivity index is 2.44. The Bertz CT molecular complexity index is 268. The molecule has 0 amide bonds. The molecule has 0 saturated carbocycles. The molecule has 1 atom stereocenters. The maximum Gasteiger partial charge on any atom is 0.377 e. The van der Waals surface area contributed by atoms with Crippen LogP contribution < -0.4 is 5.32 Å². The third kappa shape index (κ3) is 2.87. The molecular weight excluding hydrogens is 224 g/mol. The molecule has 0 aliphatic carbocycles. The summed E-state index contributed by atoms with van der Waals surface area (Å²) in [5.41, 5.74) is -0.968. The predicted octanol–water partition coefficient (Wildman–Crippen LogP) is -0.730. The Morgan fingerprint density at radius 3 is 2.50 bits per heavy atom. The number of rotatable bonds is 5. The van der Waals surface area contributed by atoms with Crippen LogP contribution in [0.3, 0.4) is 0 Å². The van der Waals surface area contributed by atoms with Crippen LogP contribution in [0.1, 0.15) is 13.3 Å². The van der Waals surface area contributed by atoms with E-state index in [4.69, 9.17) is 10.2 Å². The molecule has 7 heteroatoms. The third-order valence-electron chi connectivity index (χ3n) is 2.51. The zero-order valence-corrected chi connectivity index (χ0v) is 8.87. The van der Waals surface area contributed by atoms with E-state index in [1.54, 1.807) is 0 Å². The van der Waals surface area contributed by atoms with Crippen molar-refractivity contribution in [1.82, 2.24) is 5.32 Å². The predicted molar refractivity (Wildman–Crippen MR) is 50.0 cm³/mol. The molecule has 16 heavy (non-hydrogen) atoms. The van der Waals surface area contributed by atoms with Gasteiger partial charge in [0.15, 0.2) is 0 Å². The Hall–Kier alpha value is -0.790. The maximum atomic E-state index is 12.8. The Morgan fingerprint density at radius 1 is 1.56 bits per heavy atom. The van der Waals surface area contributed by atoms with Gasteiger partial charge in [-0.1, -0.05) is 0 Å². The van der Waals surface area contributed by atoms with Crippen LogP contribution in [0.2, 0.25) is 0 Å². The van der Waals surface area contributed by atoms with Gasteiger partial charge in [0.1, 0.15) is 6.10 Å². The van der Waals surface area contributed by atoms with E-state index in [1.165, 1.54) is 6.92 Å². The quantitative estimate of drug-likeness (QED) is 0.551. The molecule has 94 valence electrons. The van der Waals surface area contributed by atoms with E-state index in [2.05, 4.69) is 10.1 Å². The summed E-state index contributed by atoms with van der Waals surface area (Å²) >= 11 is 0. The van der Waals surface area contributed by atoms with Crippen molar-refractivity contribution in [3.63, 3.8) is 0 Å². The number of carbonyl (C=O) groups is 1. The average molecular weight is 239 g/mol. The van der Waals surface area contributed by atoms with Crippen LogP contribution in [0.5, 0.6) is 0 Å². The molecule has 3 N–H and O–H groups in total. The summed E-state index contributed by atoms with van der Waals surface area (Å²) in [5, 5.41) is 20.6. The number of carbonyl (C=O) groups excluding carboxylic acids is 1. The van der Waals surface area contributed by atoms with E-state index < -0.39 is 30.0 Å². The maximum absolute atomic E-state index is 12.8. The summed E-state index contributed by atoms with van der Waals surface area (Å²) in [7, 11) is 0. The Morgan fingerprint density at radius 2 is 2.12 bits per heavy atom. The number of alkyl halides is 2. The van der Waals surface area contributed by atoms with E-state index in [0.717, 1.165) is 0 Å². The molecule has 0 aromatic heterocycles. The van der Waals surface area contributed by atoms with Gasteiger partial charge >= 0.3 is 11.9 Å². The molecule has 1 unspecified atom stereocenters. The zero-order chi connectivity index (χ0) is 12.4. The standard InChI is InChI=1S/C9H15F2NO4/c1-8(4-13,5-14)12-3-6-2-9(10,11)7(15)16-6/h6,12-14H,2-5H2,1H3. The minimum absolute atomic E-state index is 0.0288. The van der Waals surface area contributed by atoms with Crippen LogP contribution >= 0.6 is 0 Å². The fraction of sp³-hybridized carbons (Fsp3) is 0.889. The summed E-state index contributed by atoms with van der Waals surface area (Å²) in [4.78, 5) is 10.7. The van der Waals surface area contributed by atoms with Gasteiger partial charge in [0.05, 0.1) is 25.2 Å². The van der Waals surface area contributed by atoms with Crippen LogP contribution in [0, 0.1) is 0 Å². The normalized spacial score (nSPS) is 24.6. The first-order chi connectivity index (χ1) is 7.33. The molecule has 0 radical (unpaired) electrons. The molecule has 1 rings (SSSR count). The van der Waals surface area contributed by atoms with Gasteiger partial charge in [-0.25, -0.2) is 4.79 Å².